The molecule has 0 amide bonds. The molecular formula is CH4O3PZr+. The Morgan fingerprint density at radius 1 is 1.83 bits per heavy atom. The summed E-state index contributed by atoms with van der Waals surface area (Å²) in [5, 5.41) is 0. The molecule has 0 heterocycles. The molecular weight excluding hydrogens is 182 g/mol. The van der Waals surface area contributed by atoms with E-state index in [1.165, 1.54) is 7.11 Å². The third-order valence-electron chi connectivity index (χ3n) is 0.156. The molecule has 6 heavy (non-hydrogen) atoms. The molecule has 0 saturated heterocycles. The summed E-state index contributed by atoms with van der Waals surface area (Å²) < 4.78 is 13.1. The van der Waals surface area contributed by atoms with Crippen LogP contribution in [0.3, 0.4) is 0 Å². The molecule has 34 valence electrons. The molecule has 0 fully saturated rings. The molecule has 0 aromatic carbocycles. The van der Waals surface area contributed by atoms with E-state index in [2.05, 4.69) is 4.52 Å². The van der Waals surface area contributed by atoms with Gasteiger partial charge in [-0.2, -0.15) is 0 Å². The van der Waals surface area contributed by atoms with E-state index in [1.54, 1.807) is 0 Å². The van der Waals surface area contributed by atoms with Gasteiger partial charge >= 0.3 is 8.25 Å². The standard InChI is InChI=1S/CH3O3P.Zr/c1-4-5(2)3;/h1H3;/p+1. The monoisotopic (exact) mass is 185 g/mol. The van der Waals surface area contributed by atoms with Gasteiger partial charge in [-0.25, -0.2) is 0 Å². The van der Waals surface area contributed by atoms with Crippen molar-refractivity contribution in [1.29, 1.82) is 0 Å². The Morgan fingerprint density at radius 3 is 2.00 bits per heavy atom. The minimum absolute atomic E-state index is 0. The van der Waals surface area contributed by atoms with Gasteiger partial charge in [-0.05, 0) is 0 Å². The average molecular weight is 186 g/mol. The largest absolute Gasteiger partial charge is 0.694 e. The van der Waals surface area contributed by atoms with Gasteiger partial charge in [0.25, 0.3) is 0 Å². The molecule has 0 aliphatic heterocycles. The molecule has 0 aliphatic carbocycles. The first-order chi connectivity index (χ1) is 2.27. The molecule has 0 aliphatic rings. The van der Waals surface area contributed by atoms with E-state index in [9.17, 15) is 4.57 Å². The fourth-order valence-corrected chi connectivity index (χ4v) is 0. The number of rotatable bonds is 1. The van der Waals surface area contributed by atoms with Crippen molar-refractivity contribution in [2.45, 2.75) is 0 Å². The molecule has 0 radical (unpaired) electrons. The van der Waals surface area contributed by atoms with Crippen molar-refractivity contribution < 1.29 is 40.2 Å². The van der Waals surface area contributed by atoms with Gasteiger partial charge in [-0.3, -0.25) is 0 Å². The van der Waals surface area contributed by atoms with E-state index >= 15 is 0 Å². The minimum atomic E-state index is -2.35. The summed E-state index contributed by atoms with van der Waals surface area (Å²) in [5.41, 5.74) is 0. The molecule has 0 aromatic heterocycles. The minimum Gasteiger partial charge on any atom is -0.133 e. The first-order valence-corrected chi connectivity index (χ1v) is 2.10. The quantitative estimate of drug-likeness (QED) is 0.598. The topological polar surface area (TPSA) is 46.5 Å². The van der Waals surface area contributed by atoms with Crippen LogP contribution < -0.4 is 0 Å². The average Bonchev–Trinajstić information content (AvgIpc) is 1.38. The van der Waals surface area contributed by atoms with Gasteiger partial charge in [-0.1, -0.05) is 0 Å². The Labute approximate surface area is 55.8 Å². The fraction of sp³-hybridized carbons (Fsp3) is 1.00. The molecule has 1 N–H and O–H groups in total. The van der Waals surface area contributed by atoms with E-state index in [0.717, 1.165) is 0 Å². The third kappa shape index (κ3) is 8.86. The normalized spacial score (nSPS) is 9.33. The van der Waals surface area contributed by atoms with Crippen molar-refractivity contribution in [3.63, 3.8) is 0 Å². The second kappa shape index (κ2) is 5.90. The summed E-state index contributed by atoms with van der Waals surface area (Å²) in [4.78, 5) is 7.65. The van der Waals surface area contributed by atoms with Gasteiger partial charge in [0.1, 0.15) is 0 Å². The van der Waals surface area contributed by atoms with Crippen LogP contribution in [0.1, 0.15) is 0 Å². The van der Waals surface area contributed by atoms with Crippen molar-refractivity contribution in [2.24, 2.45) is 0 Å². The first kappa shape index (κ1) is 10.0. The summed E-state index contributed by atoms with van der Waals surface area (Å²) in [7, 11) is -1.18. The smallest absolute Gasteiger partial charge is 0.133 e. The number of hydrogen-bond acceptors (Lipinski definition) is 2. The zero-order valence-electron chi connectivity index (χ0n) is 3.21. The van der Waals surface area contributed by atoms with E-state index in [-0.39, 0.29) is 26.2 Å². The summed E-state index contributed by atoms with van der Waals surface area (Å²) in [6.45, 7) is 0. The van der Waals surface area contributed by atoms with E-state index < -0.39 is 8.25 Å². The molecule has 1 unspecified atom stereocenters. The zero-order valence-corrected chi connectivity index (χ0v) is 6.56. The zero-order chi connectivity index (χ0) is 4.28. The second-order valence-electron chi connectivity index (χ2n) is 0.420. The van der Waals surface area contributed by atoms with Gasteiger partial charge in [0.15, 0.2) is 0 Å². The second-order valence-corrected chi connectivity index (χ2v) is 1.26. The maximum absolute atomic E-state index is 9.29. The summed E-state index contributed by atoms with van der Waals surface area (Å²) in [6.07, 6.45) is 0. The van der Waals surface area contributed by atoms with Crippen LogP contribution in [-0.2, 0) is 35.3 Å². The summed E-state index contributed by atoms with van der Waals surface area (Å²) in [5.74, 6) is 0. The Morgan fingerprint density at radius 2 is 2.00 bits per heavy atom. The predicted octanol–water partition coefficient (Wildman–Crippen LogP) is 0.280. The number of hydrogen-bond donors (Lipinski definition) is 1. The van der Waals surface area contributed by atoms with Crippen molar-refractivity contribution in [3.8, 4) is 0 Å². The van der Waals surface area contributed by atoms with Crippen LogP contribution in [0.25, 0.3) is 0 Å². The predicted molar refractivity (Wildman–Crippen MR) is 16.8 cm³/mol. The van der Waals surface area contributed by atoms with E-state index in [1.807, 2.05) is 0 Å². The SMILES string of the molecule is CO[P+](=O)O.[Zr]. The van der Waals surface area contributed by atoms with Crippen LogP contribution in [0.5, 0.6) is 0 Å². The molecule has 0 bridgehead atoms. The van der Waals surface area contributed by atoms with Gasteiger partial charge in [0, 0.05) is 30.8 Å². The molecule has 5 heteroatoms. The van der Waals surface area contributed by atoms with Crippen LogP contribution in [0.2, 0.25) is 0 Å². The fourth-order valence-electron chi connectivity index (χ4n) is 0. The Bertz CT molecular complexity index is 46.1. The molecule has 0 aromatic rings. The van der Waals surface area contributed by atoms with Gasteiger partial charge in [-0.15, -0.1) is 9.42 Å². The van der Waals surface area contributed by atoms with E-state index in [0.29, 0.717) is 0 Å². The maximum atomic E-state index is 9.29. The van der Waals surface area contributed by atoms with Crippen LogP contribution in [0, 0.1) is 0 Å². The summed E-state index contributed by atoms with van der Waals surface area (Å²) in [6, 6.07) is 0. The Kier molecular flexibility index (Phi) is 9.84. The molecule has 3 nitrogen and oxygen atoms in total. The molecule has 1 atom stereocenters. The van der Waals surface area contributed by atoms with E-state index in [4.69, 9.17) is 4.89 Å². The van der Waals surface area contributed by atoms with Crippen LogP contribution >= 0.6 is 8.25 Å². The Balaban J connectivity index is 0. The summed E-state index contributed by atoms with van der Waals surface area (Å²) >= 11 is 0. The van der Waals surface area contributed by atoms with Crippen molar-refractivity contribution >= 4 is 8.25 Å². The van der Waals surface area contributed by atoms with Gasteiger partial charge in [0.2, 0.25) is 0 Å². The van der Waals surface area contributed by atoms with Crippen LogP contribution in [-0.4, -0.2) is 12.0 Å². The van der Waals surface area contributed by atoms with Crippen molar-refractivity contribution in [3.05, 3.63) is 0 Å². The van der Waals surface area contributed by atoms with Gasteiger partial charge in [0.05, 0.1) is 7.11 Å². The van der Waals surface area contributed by atoms with Crippen LogP contribution in [0.15, 0.2) is 0 Å². The van der Waals surface area contributed by atoms with Crippen molar-refractivity contribution in [2.75, 3.05) is 7.11 Å². The molecule has 0 rings (SSSR count). The molecule has 0 spiro atoms. The Hall–Kier alpha value is 0.903. The van der Waals surface area contributed by atoms with Crippen molar-refractivity contribution in [1.82, 2.24) is 0 Å². The maximum Gasteiger partial charge on any atom is 0.694 e. The third-order valence-corrected chi connectivity index (χ3v) is 0.469. The van der Waals surface area contributed by atoms with Gasteiger partial charge < -0.3 is 0 Å². The first-order valence-electron chi connectivity index (χ1n) is 0.973. The molecule has 0 saturated carbocycles. The van der Waals surface area contributed by atoms with Crippen LogP contribution in [0.4, 0.5) is 0 Å².